The quantitative estimate of drug-likeness (QED) is 0.802. The number of anilines is 1. The molecule has 0 radical (unpaired) electrons. The summed E-state index contributed by atoms with van der Waals surface area (Å²) in [6, 6.07) is 6.17. The highest BCUT2D eigenvalue weighted by molar-refractivity contribution is 5.44. The third-order valence-corrected chi connectivity index (χ3v) is 3.03. The molecule has 0 spiro atoms. The molecule has 1 aliphatic carbocycles. The SMILES string of the molecule is Fc1ccccc1NCCN(CC(F)(F)F)C1CC1. The van der Waals surface area contributed by atoms with Gasteiger partial charge in [-0.2, -0.15) is 13.2 Å². The fraction of sp³-hybridized carbons (Fsp3) is 0.538. The lowest BCUT2D eigenvalue weighted by Gasteiger charge is -2.23. The Morgan fingerprint density at radius 3 is 2.47 bits per heavy atom. The van der Waals surface area contributed by atoms with Crippen molar-refractivity contribution in [2.75, 3.05) is 25.0 Å². The minimum absolute atomic E-state index is 0.0315. The first-order valence-electron chi connectivity index (χ1n) is 6.25. The van der Waals surface area contributed by atoms with Gasteiger partial charge in [-0.1, -0.05) is 12.1 Å². The van der Waals surface area contributed by atoms with Crippen molar-refractivity contribution in [2.24, 2.45) is 0 Å². The van der Waals surface area contributed by atoms with Crippen LogP contribution in [0.2, 0.25) is 0 Å². The van der Waals surface area contributed by atoms with Crippen LogP contribution < -0.4 is 5.32 Å². The van der Waals surface area contributed by atoms with Crippen LogP contribution in [0.3, 0.4) is 0 Å². The van der Waals surface area contributed by atoms with Crippen molar-refractivity contribution in [1.82, 2.24) is 4.90 Å². The van der Waals surface area contributed by atoms with Crippen LogP contribution in [0.4, 0.5) is 23.2 Å². The number of hydrogen-bond acceptors (Lipinski definition) is 2. The van der Waals surface area contributed by atoms with E-state index in [4.69, 9.17) is 0 Å². The van der Waals surface area contributed by atoms with Crippen molar-refractivity contribution in [3.8, 4) is 0 Å². The average molecular weight is 276 g/mol. The van der Waals surface area contributed by atoms with Crippen LogP contribution in [0, 0.1) is 5.82 Å². The van der Waals surface area contributed by atoms with Gasteiger partial charge in [0.2, 0.25) is 0 Å². The summed E-state index contributed by atoms with van der Waals surface area (Å²) >= 11 is 0. The van der Waals surface area contributed by atoms with Gasteiger partial charge in [-0.05, 0) is 25.0 Å². The first kappa shape index (κ1) is 14.1. The van der Waals surface area contributed by atoms with Crippen molar-refractivity contribution in [3.63, 3.8) is 0 Å². The molecule has 0 atom stereocenters. The van der Waals surface area contributed by atoms with Gasteiger partial charge in [-0.25, -0.2) is 4.39 Å². The van der Waals surface area contributed by atoms with E-state index in [1.165, 1.54) is 11.0 Å². The van der Waals surface area contributed by atoms with E-state index in [-0.39, 0.29) is 12.6 Å². The second-order valence-electron chi connectivity index (χ2n) is 4.72. The molecule has 6 heteroatoms. The molecule has 0 bridgehead atoms. The summed E-state index contributed by atoms with van der Waals surface area (Å²) in [6.45, 7) is -0.331. The van der Waals surface area contributed by atoms with E-state index >= 15 is 0 Å². The topological polar surface area (TPSA) is 15.3 Å². The van der Waals surface area contributed by atoms with Crippen LogP contribution in [-0.4, -0.2) is 36.8 Å². The first-order valence-corrected chi connectivity index (χ1v) is 6.25. The minimum atomic E-state index is -4.18. The largest absolute Gasteiger partial charge is 0.401 e. The normalized spacial score (nSPS) is 15.8. The number of rotatable bonds is 6. The number of halogens is 4. The third-order valence-electron chi connectivity index (χ3n) is 3.03. The summed E-state index contributed by atoms with van der Waals surface area (Å²) in [5, 5.41) is 2.83. The highest BCUT2D eigenvalue weighted by Gasteiger charge is 2.37. The predicted molar refractivity (Wildman–Crippen MR) is 65.5 cm³/mol. The number of alkyl halides is 3. The lowest BCUT2D eigenvalue weighted by atomic mass is 10.3. The van der Waals surface area contributed by atoms with Gasteiger partial charge in [0.05, 0.1) is 12.2 Å². The number of nitrogens with one attached hydrogen (secondary N) is 1. The van der Waals surface area contributed by atoms with Crippen LogP contribution in [-0.2, 0) is 0 Å². The molecule has 0 saturated heterocycles. The number of para-hydroxylation sites is 1. The van der Waals surface area contributed by atoms with Crippen molar-refractivity contribution < 1.29 is 17.6 Å². The second kappa shape index (κ2) is 5.77. The minimum Gasteiger partial charge on any atom is -0.381 e. The molecule has 0 amide bonds. The van der Waals surface area contributed by atoms with Crippen LogP contribution in [0.1, 0.15) is 12.8 Å². The molecule has 19 heavy (non-hydrogen) atoms. The fourth-order valence-electron chi connectivity index (χ4n) is 2.00. The second-order valence-corrected chi connectivity index (χ2v) is 4.72. The summed E-state index contributed by atoms with van der Waals surface area (Å²) in [4.78, 5) is 1.41. The fourth-order valence-corrected chi connectivity index (χ4v) is 2.00. The molecule has 1 N–H and O–H groups in total. The van der Waals surface area contributed by atoms with Crippen LogP contribution >= 0.6 is 0 Å². The molecule has 0 heterocycles. The maximum absolute atomic E-state index is 13.3. The highest BCUT2D eigenvalue weighted by Crippen LogP contribution is 2.29. The zero-order chi connectivity index (χ0) is 13.9. The summed E-state index contributed by atoms with van der Waals surface area (Å²) in [5.41, 5.74) is 0.324. The highest BCUT2D eigenvalue weighted by atomic mass is 19.4. The van der Waals surface area contributed by atoms with Crippen molar-refractivity contribution in [2.45, 2.75) is 25.1 Å². The summed E-state index contributed by atoms with van der Waals surface area (Å²) < 4.78 is 50.5. The van der Waals surface area contributed by atoms with Crippen LogP contribution in [0.25, 0.3) is 0 Å². The molecule has 0 aliphatic heterocycles. The van der Waals surface area contributed by atoms with Crippen molar-refractivity contribution in [3.05, 3.63) is 30.1 Å². The molecule has 1 saturated carbocycles. The van der Waals surface area contributed by atoms with Gasteiger partial charge in [0.1, 0.15) is 5.82 Å². The van der Waals surface area contributed by atoms with Gasteiger partial charge in [0, 0.05) is 19.1 Å². The molecule has 2 nitrogen and oxygen atoms in total. The average Bonchev–Trinajstić information content (AvgIpc) is 3.12. The smallest absolute Gasteiger partial charge is 0.381 e. The Morgan fingerprint density at radius 2 is 1.89 bits per heavy atom. The molecule has 0 unspecified atom stereocenters. The first-order chi connectivity index (χ1) is 8.96. The van der Waals surface area contributed by atoms with Gasteiger partial charge in [-0.15, -0.1) is 0 Å². The van der Waals surface area contributed by atoms with Gasteiger partial charge in [-0.3, -0.25) is 4.90 Å². The summed E-state index contributed by atoms with van der Waals surface area (Å²) in [6.07, 6.45) is -2.55. The molecule has 106 valence electrons. The van der Waals surface area contributed by atoms with E-state index in [1.54, 1.807) is 18.2 Å². The molecule has 1 aliphatic rings. The molecular formula is C13H16F4N2. The lowest BCUT2D eigenvalue weighted by molar-refractivity contribution is -0.146. The number of nitrogens with zero attached hydrogens (tertiary/aromatic N) is 1. The van der Waals surface area contributed by atoms with Crippen LogP contribution in [0.5, 0.6) is 0 Å². The van der Waals surface area contributed by atoms with Gasteiger partial charge < -0.3 is 5.32 Å². The summed E-state index contributed by atoms with van der Waals surface area (Å²) in [5.74, 6) is -0.392. The lowest BCUT2D eigenvalue weighted by Crippen LogP contribution is -2.38. The predicted octanol–water partition coefficient (Wildman–Crippen LogP) is 3.26. The van der Waals surface area contributed by atoms with Gasteiger partial charge in [0.25, 0.3) is 0 Å². The summed E-state index contributed by atoms with van der Waals surface area (Å²) in [7, 11) is 0. The van der Waals surface area contributed by atoms with E-state index in [0.29, 0.717) is 12.2 Å². The molecule has 2 rings (SSSR count). The number of benzene rings is 1. The standard InChI is InChI=1S/C13H16F4N2/c14-11-3-1-2-4-12(11)18-7-8-19(10-5-6-10)9-13(15,16)17/h1-4,10,18H,5-9H2. The molecule has 1 aromatic carbocycles. The Labute approximate surface area is 109 Å². The number of hydrogen-bond donors (Lipinski definition) is 1. The Bertz CT molecular complexity index is 415. The zero-order valence-electron chi connectivity index (χ0n) is 10.4. The van der Waals surface area contributed by atoms with E-state index in [9.17, 15) is 17.6 Å². The van der Waals surface area contributed by atoms with E-state index < -0.39 is 18.5 Å². The van der Waals surface area contributed by atoms with Crippen LogP contribution in [0.15, 0.2) is 24.3 Å². The Hall–Kier alpha value is -1.30. The maximum atomic E-state index is 13.3. The maximum Gasteiger partial charge on any atom is 0.401 e. The Morgan fingerprint density at radius 1 is 1.21 bits per heavy atom. The van der Waals surface area contributed by atoms with Crippen molar-refractivity contribution >= 4 is 5.69 Å². The zero-order valence-corrected chi connectivity index (χ0v) is 10.4. The van der Waals surface area contributed by atoms with E-state index in [0.717, 1.165) is 12.8 Å². The Balaban J connectivity index is 1.81. The van der Waals surface area contributed by atoms with Crippen molar-refractivity contribution in [1.29, 1.82) is 0 Å². The molecule has 1 aromatic rings. The van der Waals surface area contributed by atoms with E-state index in [1.807, 2.05) is 0 Å². The molecule has 0 aromatic heterocycles. The molecular weight excluding hydrogens is 260 g/mol. The monoisotopic (exact) mass is 276 g/mol. The molecule has 1 fully saturated rings. The van der Waals surface area contributed by atoms with E-state index in [2.05, 4.69) is 5.32 Å². The third kappa shape index (κ3) is 4.70. The Kier molecular flexibility index (Phi) is 4.29. The van der Waals surface area contributed by atoms with Gasteiger partial charge in [0.15, 0.2) is 0 Å². The van der Waals surface area contributed by atoms with Gasteiger partial charge >= 0.3 is 6.18 Å².